The zero-order chi connectivity index (χ0) is 23.1. The molecular formula is C32H46O2. The standard InChI is InChI=1S/C32H46O2/c1-2-3-4-5-6-26-29(33)27(31-14-20-7-21(15-31)9-22(8-20)16-31)13-28(30(26)34)32-17-23-10-24(18-32)12-25(11-23)19-32/h13,20-25,33-34H,2-12,14-19H2,1H3. The highest BCUT2D eigenvalue weighted by molar-refractivity contribution is 5.59. The maximum Gasteiger partial charge on any atom is 0.126 e. The summed E-state index contributed by atoms with van der Waals surface area (Å²) >= 11 is 0. The molecule has 0 aliphatic heterocycles. The summed E-state index contributed by atoms with van der Waals surface area (Å²) in [6.45, 7) is 2.26. The quantitative estimate of drug-likeness (QED) is 0.401. The van der Waals surface area contributed by atoms with Crippen LogP contribution in [0.5, 0.6) is 11.5 Å². The fourth-order valence-corrected chi connectivity index (χ4v) is 11.4. The van der Waals surface area contributed by atoms with E-state index in [9.17, 15) is 10.2 Å². The summed E-state index contributed by atoms with van der Waals surface area (Å²) in [5, 5.41) is 23.7. The van der Waals surface area contributed by atoms with Crippen LogP contribution >= 0.6 is 0 Å². The van der Waals surface area contributed by atoms with Crippen molar-refractivity contribution < 1.29 is 10.2 Å². The molecular weight excluding hydrogens is 416 g/mol. The van der Waals surface area contributed by atoms with E-state index < -0.39 is 0 Å². The van der Waals surface area contributed by atoms with Gasteiger partial charge in [0, 0.05) is 16.7 Å². The van der Waals surface area contributed by atoms with Crippen LogP contribution in [0.2, 0.25) is 0 Å². The molecule has 186 valence electrons. The predicted octanol–water partition coefficient (Wildman–Crippen LogP) is 8.16. The molecule has 1 aromatic carbocycles. The Morgan fingerprint density at radius 3 is 1.35 bits per heavy atom. The number of rotatable bonds is 7. The maximum absolute atomic E-state index is 11.8. The van der Waals surface area contributed by atoms with E-state index in [1.54, 1.807) is 0 Å². The van der Waals surface area contributed by atoms with Crippen LogP contribution in [0.4, 0.5) is 0 Å². The van der Waals surface area contributed by atoms with Gasteiger partial charge < -0.3 is 10.2 Å². The first-order valence-electron chi connectivity index (χ1n) is 15.1. The lowest BCUT2D eigenvalue weighted by atomic mass is 9.46. The number of phenolic OH excluding ortho intramolecular Hbond substituents is 2. The zero-order valence-corrected chi connectivity index (χ0v) is 21.5. The Balaban J connectivity index is 1.33. The van der Waals surface area contributed by atoms with Gasteiger partial charge in [0.1, 0.15) is 11.5 Å². The Bertz CT molecular complexity index is 819. The van der Waals surface area contributed by atoms with Crippen molar-refractivity contribution in [3.05, 3.63) is 22.8 Å². The molecule has 8 bridgehead atoms. The summed E-state index contributed by atoms with van der Waals surface area (Å²) in [7, 11) is 0. The number of aromatic hydroxyl groups is 2. The smallest absolute Gasteiger partial charge is 0.126 e. The van der Waals surface area contributed by atoms with Crippen LogP contribution in [0, 0.1) is 35.5 Å². The Morgan fingerprint density at radius 2 is 1.00 bits per heavy atom. The van der Waals surface area contributed by atoms with Gasteiger partial charge in [0.25, 0.3) is 0 Å². The van der Waals surface area contributed by atoms with Crippen molar-refractivity contribution >= 4 is 0 Å². The van der Waals surface area contributed by atoms with Gasteiger partial charge in [-0.2, -0.15) is 0 Å². The molecule has 0 heterocycles. The lowest BCUT2D eigenvalue weighted by Gasteiger charge is -2.58. The second-order valence-corrected chi connectivity index (χ2v) is 14.4. The first-order valence-corrected chi connectivity index (χ1v) is 15.1. The molecule has 8 fully saturated rings. The maximum atomic E-state index is 11.8. The van der Waals surface area contributed by atoms with E-state index in [1.807, 2.05) is 0 Å². The van der Waals surface area contributed by atoms with Crippen molar-refractivity contribution in [1.29, 1.82) is 0 Å². The Labute approximate surface area is 206 Å². The third kappa shape index (κ3) is 3.32. The molecule has 2 nitrogen and oxygen atoms in total. The first-order chi connectivity index (χ1) is 16.5. The molecule has 0 unspecified atom stereocenters. The fraction of sp³-hybridized carbons (Fsp3) is 0.812. The van der Waals surface area contributed by atoms with E-state index >= 15 is 0 Å². The summed E-state index contributed by atoms with van der Waals surface area (Å²) in [5.41, 5.74) is 3.85. The van der Waals surface area contributed by atoms with Gasteiger partial charge in [-0.15, -0.1) is 0 Å². The summed E-state index contributed by atoms with van der Waals surface area (Å²) in [6.07, 6.45) is 21.9. The normalized spacial score (nSPS) is 43.7. The van der Waals surface area contributed by atoms with Crippen molar-refractivity contribution in [3.63, 3.8) is 0 Å². The van der Waals surface area contributed by atoms with E-state index in [-0.39, 0.29) is 10.8 Å². The van der Waals surface area contributed by atoms with E-state index in [0.29, 0.717) is 11.5 Å². The molecule has 8 saturated carbocycles. The first kappa shape index (κ1) is 22.1. The average Bonchev–Trinajstić information content (AvgIpc) is 2.76. The van der Waals surface area contributed by atoms with E-state index in [0.717, 1.165) is 53.9 Å². The Kier molecular flexibility index (Phi) is 5.13. The third-order valence-corrected chi connectivity index (χ3v) is 11.9. The molecule has 2 heteroatoms. The van der Waals surface area contributed by atoms with Gasteiger partial charge >= 0.3 is 0 Å². The number of hydrogen-bond donors (Lipinski definition) is 2. The molecule has 8 aliphatic carbocycles. The number of hydrogen-bond acceptors (Lipinski definition) is 2. The van der Waals surface area contributed by atoms with Gasteiger partial charge in [0.15, 0.2) is 0 Å². The molecule has 0 spiro atoms. The van der Waals surface area contributed by atoms with Crippen molar-refractivity contribution in [2.75, 3.05) is 0 Å². The van der Waals surface area contributed by atoms with Gasteiger partial charge in [-0.3, -0.25) is 0 Å². The third-order valence-electron chi connectivity index (χ3n) is 11.9. The number of phenols is 2. The molecule has 0 saturated heterocycles. The molecule has 34 heavy (non-hydrogen) atoms. The molecule has 0 amide bonds. The van der Waals surface area contributed by atoms with Crippen LogP contribution in [0.25, 0.3) is 0 Å². The molecule has 0 aromatic heterocycles. The van der Waals surface area contributed by atoms with E-state index in [1.165, 1.54) is 107 Å². The predicted molar refractivity (Wildman–Crippen MR) is 137 cm³/mol. The van der Waals surface area contributed by atoms with Crippen molar-refractivity contribution in [1.82, 2.24) is 0 Å². The Morgan fingerprint density at radius 1 is 0.618 bits per heavy atom. The second kappa shape index (κ2) is 7.91. The second-order valence-electron chi connectivity index (χ2n) is 14.4. The molecule has 2 N–H and O–H groups in total. The van der Waals surface area contributed by atoms with Gasteiger partial charge in [-0.1, -0.05) is 26.2 Å². The van der Waals surface area contributed by atoms with E-state index in [2.05, 4.69) is 13.0 Å². The van der Waals surface area contributed by atoms with Crippen molar-refractivity contribution in [3.8, 4) is 11.5 Å². The summed E-state index contributed by atoms with van der Waals surface area (Å²) in [5.74, 6) is 6.23. The highest BCUT2D eigenvalue weighted by Crippen LogP contribution is 2.66. The lowest BCUT2D eigenvalue weighted by molar-refractivity contribution is -0.00968. The van der Waals surface area contributed by atoms with Crippen molar-refractivity contribution in [2.45, 2.75) is 127 Å². The minimum Gasteiger partial charge on any atom is -0.507 e. The lowest BCUT2D eigenvalue weighted by Crippen LogP contribution is -2.50. The van der Waals surface area contributed by atoms with Gasteiger partial charge in [0.05, 0.1) is 0 Å². The van der Waals surface area contributed by atoms with Crippen LogP contribution in [0.3, 0.4) is 0 Å². The van der Waals surface area contributed by atoms with Crippen LogP contribution < -0.4 is 0 Å². The summed E-state index contributed by atoms with van der Waals surface area (Å²) in [6, 6.07) is 2.42. The monoisotopic (exact) mass is 462 g/mol. The SMILES string of the molecule is CCCCCCc1c(O)c(C23CC4CC(CC(C4)C2)C3)cc(C23CC4CC(CC(C4)C2)C3)c1O. The topological polar surface area (TPSA) is 40.5 Å². The van der Waals surface area contributed by atoms with Gasteiger partial charge in [-0.05, 0) is 142 Å². The fourth-order valence-electron chi connectivity index (χ4n) is 11.4. The average molecular weight is 463 g/mol. The molecule has 1 aromatic rings. The molecule has 0 atom stereocenters. The van der Waals surface area contributed by atoms with Gasteiger partial charge in [0.2, 0.25) is 0 Å². The molecule has 8 aliphatic rings. The van der Waals surface area contributed by atoms with E-state index in [4.69, 9.17) is 0 Å². The highest BCUT2D eigenvalue weighted by atomic mass is 16.3. The zero-order valence-electron chi connectivity index (χ0n) is 21.5. The minimum atomic E-state index is 0.182. The highest BCUT2D eigenvalue weighted by Gasteiger charge is 2.55. The van der Waals surface area contributed by atoms with Crippen molar-refractivity contribution in [2.24, 2.45) is 35.5 Å². The Hall–Kier alpha value is -1.18. The van der Waals surface area contributed by atoms with Crippen LogP contribution in [0.1, 0.15) is 126 Å². The van der Waals surface area contributed by atoms with Crippen LogP contribution in [0.15, 0.2) is 6.07 Å². The van der Waals surface area contributed by atoms with Crippen LogP contribution in [-0.2, 0) is 17.3 Å². The van der Waals surface area contributed by atoms with Crippen LogP contribution in [-0.4, -0.2) is 10.2 Å². The summed E-state index contributed by atoms with van der Waals surface area (Å²) in [4.78, 5) is 0. The largest absolute Gasteiger partial charge is 0.507 e. The molecule has 0 radical (unpaired) electrons. The van der Waals surface area contributed by atoms with Gasteiger partial charge in [-0.25, -0.2) is 0 Å². The summed E-state index contributed by atoms with van der Waals surface area (Å²) < 4.78 is 0. The minimum absolute atomic E-state index is 0.182. The molecule has 9 rings (SSSR count). The number of unbranched alkanes of at least 4 members (excludes halogenated alkanes) is 3. The number of benzene rings is 1.